The van der Waals surface area contributed by atoms with E-state index < -0.39 is 0 Å². The van der Waals surface area contributed by atoms with E-state index in [1.807, 2.05) is 29.6 Å². The molecule has 0 saturated heterocycles. The topological polar surface area (TPSA) is 113 Å². The minimum absolute atomic E-state index is 0.192. The second-order valence-electron chi connectivity index (χ2n) is 4.96. The van der Waals surface area contributed by atoms with Gasteiger partial charge in [-0.05, 0) is 23.6 Å². The maximum absolute atomic E-state index is 9.02. The average molecular weight is 339 g/mol. The van der Waals surface area contributed by atoms with Crippen LogP contribution in [0.2, 0.25) is 0 Å². The fraction of sp³-hybridized carbons (Fsp3) is 0.133. The summed E-state index contributed by atoms with van der Waals surface area (Å²) in [5.74, 6) is 2.27. The number of anilines is 1. The maximum atomic E-state index is 9.02. The molecule has 0 unspecified atom stereocenters. The highest BCUT2D eigenvalue weighted by atomic mass is 32.1. The van der Waals surface area contributed by atoms with Gasteiger partial charge in [0.1, 0.15) is 28.8 Å². The van der Waals surface area contributed by atoms with E-state index in [0.717, 1.165) is 15.9 Å². The van der Waals surface area contributed by atoms with Crippen molar-refractivity contribution in [2.75, 3.05) is 5.32 Å². The molecular formula is C15H13N7OS. The van der Waals surface area contributed by atoms with Crippen molar-refractivity contribution < 1.29 is 5.11 Å². The third-order valence-corrected chi connectivity index (χ3v) is 4.17. The van der Waals surface area contributed by atoms with Crippen LogP contribution in [0.3, 0.4) is 0 Å². The van der Waals surface area contributed by atoms with Gasteiger partial charge in [0, 0.05) is 6.20 Å². The molecule has 0 aliphatic heterocycles. The molecule has 8 nitrogen and oxygen atoms in total. The number of hydrogen-bond donors (Lipinski definition) is 3. The standard InChI is InChI=1S/C15H13N7OS/c23-8-12-18-11(21-22-12)7-17-13-9-4-6-24-15(9)20-14(19-13)10-3-1-2-5-16-10/h1-6,23H,7-8H2,(H,17,19,20)(H,18,21,22). The van der Waals surface area contributed by atoms with Gasteiger partial charge in [0.05, 0.1) is 11.9 Å². The van der Waals surface area contributed by atoms with Gasteiger partial charge in [-0.1, -0.05) is 6.07 Å². The lowest BCUT2D eigenvalue weighted by Crippen LogP contribution is -2.05. The SMILES string of the molecule is OCc1n[nH]c(CNc2nc(-c3ccccn3)nc3sccc23)n1. The van der Waals surface area contributed by atoms with Crippen molar-refractivity contribution in [3.05, 3.63) is 47.5 Å². The first-order valence-electron chi connectivity index (χ1n) is 7.25. The lowest BCUT2D eigenvalue weighted by atomic mass is 10.3. The minimum atomic E-state index is -0.192. The van der Waals surface area contributed by atoms with Gasteiger partial charge in [0.25, 0.3) is 0 Å². The van der Waals surface area contributed by atoms with Gasteiger partial charge < -0.3 is 10.4 Å². The molecule has 0 amide bonds. The summed E-state index contributed by atoms with van der Waals surface area (Å²) in [5, 5.41) is 21.9. The number of rotatable bonds is 5. The Morgan fingerprint density at radius 1 is 1.17 bits per heavy atom. The lowest BCUT2D eigenvalue weighted by Gasteiger charge is -2.07. The summed E-state index contributed by atoms with van der Waals surface area (Å²) >= 11 is 1.55. The van der Waals surface area contributed by atoms with Gasteiger partial charge in [0.15, 0.2) is 11.6 Å². The normalized spacial score (nSPS) is 11.0. The second kappa shape index (κ2) is 6.30. The smallest absolute Gasteiger partial charge is 0.181 e. The van der Waals surface area contributed by atoms with Crippen molar-refractivity contribution in [3.8, 4) is 11.5 Å². The number of aromatic amines is 1. The van der Waals surface area contributed by atoms with Gasteiger partial charge in [-0.25, -0.2) is 15.0 Å². The number of aliphatic hydroxyl groups is 1. The lowest BCUT2D eigenvalue weighted by molar-refractivity contribution is 0.271. The minimum Gasteiger partial charge on any atom is -0.388 e. The van der Waals surface area contributed by atoms with Crippen LogP contribution >= 0.6 is 11.3 Å². The van der Waals surface area contributed by atoms with Crippen molar-refractivity contribution in [1.82, 2.24) is 30.1 Å². The van der Waals surface area contributed by atoms with E-state index in [0.29, 0.717) is 29.8 Å². The van der Waals surface area contributed by atoms with Gasteiger partial charge in [-0.3, -0.25) is 10.1 Å². The molecule has 4 aromatic rings. The highest BCUT2D eigenvalue weighted by molar-refractivity contribution is 7.16. The molecule has 9 heteroatoms. The molecule has 24 heavy (non-hydrogen) atoms. The van der Waals surface area contributed by atoms with Crippen LogP contribution in [0, 0.1) is 0 Å². The first-order chi connectivity index (χ1) is 11.8. The van der Waals surface area contributed by atoms with Crippen molar-refractivity contribution in [1.29, 1.82) is 0 Å². The molecule has 3 N–H and O–H groups in total. The zero-order valence-corrected chi connectivity index (χ0v) is 13.3. The quantitative estimate of drug-likeness (QED) is 0.509. The summed E-state index contributed by atoms with van der Waals surface area (Å²) in [6, 6.07) is 7.62. The van der Waals surface area contributed by atoms with Crippen molar-refractivity contribution >= 4 is 27.4 Å². The van der Waals surface area contributed by atoms with Crippen LogP contribution in [-0.2, 0) is 13.2 Å². The van der Waals surface area contributed by atoms with E-state index in [1.54, 1.807) is 17.5 Å². The van der Waals surface area contributed by atoms with Crippen molar-refractivity contribution in [2.24, 2.45) is 0 Å². The van der Waals surface area contributed by atoms with E-state index in [1.165, 1.54) is 0 Å². The molecule has 0 bridgehead atoms. The zero-order chi connectivity index (χ0) is 16.4. The number of nitrogens with zero attached hydrogens (tertiary/aromatic N) is 5. The van der Waals surface area contributed by atoms with E-state index in [9.17, 15) is 0 Å². The summed E-state index contributed by atoms with van der Waals surface area (Å²) in [7, 11) is 0. The molecule has 0 radical (unpaired) electrons. The fourth-order valence-corrected chi connectivity index (χ4v) is 3.02. The molecule has 4 heterocycles. The predicted octanol–water partition coefficient (Wildman–Crippen LogP) is 1.98. The number of pyridine rings is 1. The van der Waals surface area contributed by atoms with E-state index >= 15 is 0 Å². The zero-order valence-electron chi connectivity index (χ0n) is 12.5. The molecule has 4 rings (SSSR count). The Balaban J connectivity index is 1.67. The monoisotopic (exact) mass is 339 g/mol. The number of nitrogens with one attached hydrogen (secondary N) is 2. The summed E-state index contributed by atoms with van der Waals surface area (Å²) in [6.07, 6.45) is 1.72. The van der Waals surface area contributed by atoms with E-state index in [2.05, 4.69) is 35.5 Å². The van der Waals surface area contributed by atoms with Crippen LogP contribution < -0.4 is 5.32 Å². The number of hydrogen-bond acceptors (Lipinski definition) is 8. The van der Waals surface area contributed by atoms with Crippen LogP contribution in [-0.4, -0.2) is 35.2 Å². The summed E-state index contributed by atoms with van der Waals surface area (Å²) < 4.78 is 0. The summed E-state index contributed by atoms with van der Waals surface area (Å²) in [5.41, 5.74) is 0.720. The Morgan fingerprint density at radius 3 is 2.92 bits per heavy atom. The van der Waals surface area contributed by atoms with Crippen LogP contribution in [0.4, 0.5) is 5.82 Å². The molecule has 120 valence electrons. The molecular weight excluding hydrogens is 326 g/mol. The second-order valence-corrected chi connectivity index (χ2v) is 5.85. The number of H-pyrrole nitrogens is 1. The molecule has 0 aliphatic rings. The Bertz CT molecular complexity index is 966. The molecule has 4 aromatic heterocycles. The highest BCUT2D eigenvalue weighted by Gasteiger charge is 2.12. The van der Waals surface area contributed by atoms with Crippen molar-refractivity contribution in [2.45, 2.75) is 13.2 Å². The Labute approximate surface area is 140 Å². The fourth-order valence-electron chi connectivity index (χ4n) is 2.25. The number of thiophene rings is 1. The van der Waals surface area contributed by atoms with Crippen LogP contribution in [0.5, 0.6) is 0 Å². The van der Waals surface area contributed by atoms with Crippen LogP contribution in [0.15, 0.2) is 35.8 Å². The Morgan fingerprint density at radius 2 is 2.12 bits per heavy atom. The molecule has 0 saturated carbocycles. The van der Waals surface area contributed by atoms with Gasteiger partial charge in [-0.15, -0.1) is 11.3 Å². The van der Waals surface area contributed by atoms with Gasteiger partial charge in [-0.2, -0.15) is 5.10 Å². The molecule has 0 atom stereocenters. The van der Waals surface area contributed by atoms with Gasteiger partial charge >= 0.3 is 0 Å². The highest BCUT2D eigenvalue weighted by Crippen LogP contribution is 2.27. The van der Waals surface area contributed by atoms with Gasteiger partial charge in [0.2, 0.25) is 0 Å². The molecule has 0 aromatic carbocycles. The summed E-state index contributed by atoms with van der Waals surface area (Å²) in [6.45, 7) is 0.221. The van der Waals surface area contributed by atoms with Crippen LogP contribution in [0.25, 0.3) is 21.7 Å². The van der Waals surface area contributed by atoms with E-state index in [4.69, 9.17) is 5.11 Å². The largest absolute Gasteiger partial charge is 0.388 e. The first kappa shape index (κ1) is 14.7. The first-order valence-corrected chi connectivity index (χ1v) is 8.13. The maximum Gasteiger partial charge on any atom is 0.181 e. The van der Waals surface area contributed by atoms with E-state index in [-0.39, 0.29) is 6.61 Å². The molecule has 0 spiro atoms. The Hall–Kier alpha value is -2.91. The van der Waals surface area contributed by atoms with Crippen LogP contribution in [0.1, 0.15) is 11.6 Å². The average Bonchev–Trinajstić information content (AvgIpc) is 3.29. The number of aliphatic hydroxyl groups excluding tert-OH is 1. The Kier molecular flexibility index (Phi) is 3.85. The third kappa shape index (κ3) is 2.82. The predicted molar refractivity (Wildman–Crippen MR) is 90.3 cm³/mol. The number of fused-ring (bicyclic) bond motifs is 1. The molecule has 0 aliphatic carbocycles. The van der Waals surface area contributed by atoms with Crippen molar-refractivity contribution in [3.63, 3.8) is 0 Å². The third-order valence-electron chi connectivity index (χ3n) is 3.36. The number of aromatic nitrogens is 6. The molecule has 0 fully saturated rings. The summed E-state index contributed by atoms with van der Waals surface area (Å²) in [4.78, 5) is 18.5.